The Labute approximate surface area is 160 Å². The molecule has 0 aliphatic heterocycles. The third-order valence-electron chi connectivity index (χ3n) is 4.31. The van der Waals surface area contributed by atoms with E-state index in [-0.39, 0.29) is 5.91 Å². The summed E-state index contributed by atoms with van der Waals surface area (Å²) < 4.78 is 1.70. The lowest BCUT2D eigenvalue weighted by atomic mass is 10.1. The van der Waals surface area contributed by atoms with Crippen LogP contribution < -0.4 is 5.32 Å². The number of nitrogens with zero attached hydrogens (tertiary/aromatic N) is 4. The fourth-order valence-electron chi connectivity index (χ4n) is 2.90. The maximum absolute atomic E-state index is 12.5. The van der Waals surface area contributed by atoms with Gasteiger partial charge in [0.05, 0.1) is 22.6 Å². The number of fused-ring (bicyclic) bond motifs is 1. The van der Waals surface area contributed by atoms with Gasteiger partial charge in [-0.2, -0.15) is 0 Å². The predicted octanol–water partition coefficient (Wildman–Crippen LogP) is 2.98. The zero-order valence-corrected chi connectivity index (χ0v) is 15.4. The van der Waals surface area contributed by atoms with Crippen LogP contribution in [0.1, 0.15) is 16.3 Å². The summed E-state index contributed by atoms with van der Waals surface area (Å²) in [6, 6.07) is 11.4. The van der Waals surface area contributed by atoms with Crippen molar-refractivity contribution in [3.63, 3.8) is 0 Å². The summed E-state index contributed by atoms with van der Waals surface area (Å²) >= 11 is 6.43. The number of nitrogens with one attached hydrogen (secondary N) is 2. The molecule has 7 nitrogen and oxygen atoms in total. The lowest BCUT2D eigenvalue weighted by Gasteiger charge is -2.05. The minimum absolute atomic E-state index is 0.257. The first-order valence-electron chi connectivity index (χ1n) is 8.47. The first-order valence-corrected chi connectivity index (χ1v) is 8.85. The smallest absolute Gasteiger partial charge is 0.287 e. The fourth-order valence-corrected chi connectivity index (χ4v) is 3.16. The number of aromatic amines is 1. The van der Waals surface area contributed by atoms with E-state index in [0.717, 1.165) is 11.3 Å². The van der Waals surface area contributed by atoms with Crippen molar-refractivity contribution >= 4 is 28.7 Å². The standard InChI is InChI=1S/C19H17ClN6O/c1-26-15-9-14(20)16(12-5-3-2-4-6-12)24-17(15)25-18(26)19(27)22-8-7-13-10-21-11-23-13/h2-6,9-11H,7-8H2,1H3,(H,21,23)(H,22,27). The molecule has 1 aromatic carbocycles. The number of rotatable bonds is 5. The summed E-state index contributed by atoms with van der Waals surface area (Å²) in [4.78, 5) is 28.5. The molecule has 8 heteroatoms. The quantitative estimate of drug-likeness (QED) is 0.557. The summed E-state index contributed by atoms with van der Waals surface area (Å²) in [6.07, 6.45) is 4.01. The SMILES string of the molecule is Cn1c(C(=O)NCCc2cnc[nH]2)nc2nc(-c3ccccc3)c(Cl)cc21. The summed E-state index contributed by atoms with van der Waals surface area (Å²) in [7, 11) is 1.78. The molecule has 27 heavy (non-hydrogen) atoms. The van der Waals surface area contributed by atoms with Crippen molar-refractivity contribution in [3.05, 3.63) is 65.5 Å². The second kappa shape index (κ2) is 7.20. The van der Waals surface area contributed by atoms with Crippen LogP contribution in [0.25, 0.3) is 22.4 Å². The predicted molar refractivity (Wildman–Crippen MR) is 104 cm³/mol. The summed E-state index contributed by atoms with van der Waals surface area (Å²) in [5, 5.41) is 3.39. The van der Waals surface area contributed by atoms with Gasteiger partial charge in [0.15, 0.2) is 5.65 Å². The molecule has 4 rings (SSSR count). The number of halogens is 1. The van der Waals surface area contributed by atoms with Crippen LogP contribution in [0.4, 0.5) is 0 Å². The van der Waals surface area contributed by atoms with E-state index in [4.69, 9.17) is 11.6 Å². The molecule has 136 valence electrons. The molecule has 1 amide bonds. The van der Waals surface area contributed by atoms with Gasteiger partial charge in [0, 0.05) is 37.5 Å². The Morgan fingerprint density at radius 1 is 1.26 bits per heavy atom. The second-order valence-corrected chi connectivity index (χ2v) is 6.51. The van der Waals surface area contributed by atoms with Crippen LogP contribution >= 0.6 is 11.6 Å². The molecule has 0 bridgehead atoms. The highest BCUT2D eigenvalue weighted by molar-refractivity contribution is 6.33. The number of imidazole rings is 2. The van der Waals surface area contributed by atoms with E-state index in [2.05, 4.69) is 25.3 Å². The third-order valence-corrected chi connectivity index (χ3v) is 4.60. The van der Waals surface area contributed by atoms with Gasteiger partial charge in [-0.1, -0.05) is 41.9 Å². The number of pyridine rings is 1. The van der Waals surface area contributed by atoms with E-state index < -0.39 is 0 Å². The Hall–Kier alpha value is -3.19. The number of H-pyrrole nitrogens is 1. The van der Waals surface area contributed by atoms with Gasteiger partial charge in [0.1, 0.15) is 0 Å². The lowest BCUT2D eigenvalue weighted by molar-refractivity contribution is 0.0941. The molecule has 0 fully saturated rings. The van der Waals surface area contributed by atoms with Gasteiger partial charge < -0.3 is 14.9 Å². The minimum atomic E-state index is -0.257. The van der Waals surface area contributed by atoms with Crippen LogP contribution in [0.2, 0.25) is 5.02 Å². The first kappa shape index (κ1) is 17.2. The van der Waals surface area contributed by atoms with Crippen LogP contribution in [0, 0.1) is 0 Å². The number of aromatic nitrogens is 5. The van der Waals surface area contributed by atoms with Gasteiger partial charge in [-0.25, -0.2) is 15.0 Å². The second-order valence-electron chi connectivity index (χ2n) is 6.10. The molecule has 0 saturated carbocycles. The normalized spacial score (nSPS) is 11.0. The lowest BCUT2D eigenvalue weighted by Crippen LogP contribution is -2.28. The van der Waals surface area contributed by atoms with Crippen molar-refractivity contribution < 1.29 is 4.79 Å². The van der Waals surface area contributed by atoms with E-state index in [1.165, 1.54) is 0 Å². The average molecular weight is 381 g/mol. The van der Waals surface area contributed by atoms with Gasteiger partial charge >= 0.3 is 0 Å². The van der Waals surface area contributed by atoms with Gasteiger partial charge in [-0.3, -0.25) is 4.79 Å². The number of carbonyl (C=O) groups is 1. The van der Waals surface area contributed by atoms with E-state index in [1.807, 2.05) is 30.3 Å². The number of hydrogen-bond acceptors (Lipinski definition) is 4. The van der Waals surface area contributed by atoms with Crippen molar-refractivity contribution in [1.82, 2.24) is 29.8 Å². The maximum atomic E-state index is 12.5. The molecular formula is C19H17ClN6O. The van der Waals surface area contributed by atoms with Crippen molar-refractivity contribution in [1.29, 1.82) is 0 Å². The molecule has 0 aliphatic rings. The van der Waals surface area contributed by atoms with Gasteiger partial charge in [0.2, 0.25) is 5.82 Å². The number of aryl methyl sites for hydroxylation is 1. The van der Waals surface area contributed by atoms with Gasteiger partial charge in [-0.15, -0.1) is 0 Å². The Bertz CT molecular complexity index is 1090. The highest BCUT2D eigenvalue weighted by Gasteiger charge is 2.18. The molecule has 0 spiro atoms. The highest BCUT2D eigenvalue weighted by atomic mass is 35.5. The Balaban J connectivity index is 1.60. The van der Waals surface area contributed by atoms with Crippen LogP contribution in [-0.4, -0.2) is 37.0 Å². The first-order chi connectivity index (χ1) is 13.1. The summed E-state index contributed by atoms with van der Waals surface area (Å²) in [5.41, 5.74) is 3.70. The van der Waals surface area contributed by atoms with Gasteiger partial charge in [0.25, 0.3) is 5.91 Å². The van der Waals surface area contributed by atoms with Crippen LogP contribution in [0.3, 0.4) is 0 Å². The monoisotopic (exact) mass is 380 g/mol. The van der Waals surface area contributed by atoms with E-state index in [0.29, 0.717) is 40.7 Å². The Morgan fingerprint density at radius 2 is 2.07 bits per heavy atom. The average Bonchev–Trinajstić information content (AvgIpc) is 3.30. The number of benzene rings is 1. The number of hydrogen-bond donors (Lipinski definition) is 2. The maximum Gasteiger partial charge on any atom is 0.287 e. The zero-order chi connectivity index (χ0) is 18.8. The molecule has 4 aromatic rings. The van der Waals surface area contributed by atoms with E-state index >= 15 is 0 Å². The minimum Gasteiger partial charge on any atom is -0.349 e. The molecule has 3 aromatic heterocycles. The molecule has 0 saturated heterocycles. The van der Waals surface area contributed by atoms with Gasteiger partial charge in [-0.05, 0) is 6.07 Å². The summed E-state index contributed by atoms with van der Waals surface area (Å²) in [5.74, 6) is 0.0378. The third kappa shape index (κ3) is 3.41. The largest absolute Gasteiger partial charge is 0.349 e. The number of amides is 1. The zero-order valence-electron chi connectivity index (χ0n) is 14.6. The Morgan fingerprint density at radius 3 is 2.81 bits per heavy atom. The summed E-state index contributed by atoms with van der Waals surface area (Å²) in [6.45, 7) is 0.480. The molecule has 0 unspecified atom stereocenters. The molecule has 0 atom stereocenters. The van der Waals surface area contributed by atoms with Crippen molar-refractivity contribution in [2.45, 2.75) is 6.42 Å². The van der Waals surface area contributed by atoms with Crippen molar-refractivity contribution in [2.75, 3.05) is 6.54 Å². The fraction of sp³-hybridized carbons (Fsp3) is 0.158. The Kier molecular flexibility index (Phi) is 4.60. The van der Waals surface area contributed by atoms with Crippen LogP contribution in [-0.2, 0) is 13.5 Å². The van der Waals surface area contributed by atoms with Crippen LogP contribution in [0.15, 0.2) is 48.9 Å². The molecule has 3 heterocycles. The molecule has 0 radical (unpaired) electrons. The topological polar surface area (TPSA) is 88.5 Å². The van der Waals surface area contributed by atoms with Crippen LogP contribution in [0.5, 0.6) is 0 Å². The number of carbonyl (C=O) groups excluding carboxylic acids is 1. The molecule has 0 aliphatic carbocycles. The van der Waals surface area contributed by atoms with Crippen molar-refractivity contribution in [3.8, 4) is 11.3 Å². The molecular weight excluding hydrogens is 364 g/mol. The van der Waals surface area contributed by atoms with Crippen molar-refractivity contribution in [2.24, 2.45) is 7.05 Å². The van der Waals surface area contributed by atoms with E-state index in [9.17, 15) is 4.79 Å². The highest BCUT2D eigenvalue weighted by Crippen LogP contribution is 2.29. The molecule has 2 N–H and O–H groups in total. The van der Waals surface area contributed by atoms with E-state index in [1.54, 1.807) is 30.2 Å².